The van der Waals surface area contributed by atoms with Gasteiger partial charge in [-0.15, -0.1) is 0 Å². The van der Waals surface area contributed by atoms with Gasteiger partial charge in [0.1, 0.15) is 0 Å². The minimum atomic E-state index is 0.832. The standard InChI is InChI=1S/C13H20N2O/c1-10-7-12(13(16-2)9-14-10)15-8-11-5-3-4-6-11/h7,9,11H,3-6,8H2,1-2H3,(H,14,15). The van der Waals surface area contributed by atoms with Crippen molar-refractivity contribution < 1.29 is 4.74 Å². The van der Waals surface area contributed by atoms with Crippen LogP contribution in [0.2, 0.25) is 0 Å². The molecule has 0 aromatic carbocycles. The van der Waals surface area contributed by atoms with Gasteiger partial charge in [0.2, 0.25) is 0 Å². The highest BCUT2D eigenvalue weighted by molar-refractivity contribution is 5.55. The van der Waals surface area contributed by atoms with Gasteiger partial charge in [0.25, 0.3) is 0 Å². The van der Waals surface area contributed by atoms with Crippen LogP contribution in [0.3, 0.4) is 0 Å². The molecule has 1 N–H and O–H groups in total. The van der Waals surface area contributed by atoms with Gasteiger partial charge in [0.05, 0.1) is 19.0 Å². The van der Waals surface area contributed by atoms with Gasteiger partial charge in [0.15, 0.2) is 5.75 Å². The third-order valence-electron chi connectivity index (χ3n) is 3.28. The Hall–Kier alpha value is -1.25. The van der Waals surface area contributed by atoms with E-state index in [2.05, 4.69) is 10.3 Å². The molecular weight excluding hydrogens is 200 g/mol. The molecule has 1 aliphatic rings. The molecule has 16 heavy (non-hydrogen) atoms. The molecule has 1 aromatic heterocycles. The zero-order valence-electron chi connectivity index (χ0n) is 10.1. The summed E-state index contributed by atoms with van der Waals surface area (Å²) in [5, 5.41) is 3.48. The Balaban J connectivity index is 1.98. The van der Waals surface area contributed by atoms with E-state index in [0.29, 0.717) is 0 Å². The Morgan fingerprint density at radius 1 is 1.44 bits per heavy atom. The summed E-state index contributed by atoms with van der Waals surface area (Å²) in [5.41, 5.74) is 2.09. The molecule has 3 heteroatoms. The topological polar surface area (TPSA) is 34.1 Å². The molecule has 2 rings (SSSR count). The molecule has 0 atom stereocenters. The lowest BCUT2D eigenvalue weighted by Crippen LogP contribution is -2.11. The van der Waals surface area contributed by atoms with Crippen LogP contribution >= 0.6 is 0 Å². The lowest BCUT2D eigenvalue weighted by Gasteiger charge is -2.14. The number of hydrogen-bond acceptors (Lipinski definition) is 3. The van der Waals surface area contributed by atoms with Gasteiger partial charge in [-0.05, 0) is 31.7 Å². The van der Waals surface area contributed by atoms with E-state index < -0.39 is 0 Å². The van der Waals surface area contributed by atoms with Crippen LogP contribution in [0.15, 0.2) is 12.3 Å². The van der Waals surface area contributed by atoms with Crippen molar-refractivity contribution in [2.45, 2.75) is 32.6 Å². The smallest absolute Gasteiger partial charge is 0.160 e. The average molecular weight is 220 g/mol. The number of nitrogens with zero attached hydrogens (tertiary/aromatic N) is 1. The molecule has 1 aliphatic carbocycles. The van der Waals surface area contributed by atoms with Crippen molar-refractivity contribution in [3.63, 3.8) is 0 Å². The van der Waals surface area contributed by atoms with Gasteiger partial charge in [0, 0.05) is 12.2 Å². The highest BCUT2D eigenvalue weighted by atomic mass is 16.5. The van der Waals surface area contributed by atoms with E-state index in [4.69, 9.17) is 4.74 Å². The van der Waals surface area contributed by atoms with E-state index in [1.807, 2.05) is 13.0 Å². The van der Waals surface area contributed by atoms with Crippen molar-refractivity contribution in [2.24, 2.45) is 5.92 Å². The Morgan fingerprint density at radius 3 is 2.88 bits per heavy atom. The van der Waals surface area contributed by atoms with Gasteiger partial charge in [-0.3, -0.25) is 4.98 Å². The van der Waals surface area contributed by atoms with Crippen molar-refractivity contribution in [3.8, 4) is 5.75 Å². The number of pyridine rings is 1. The first-order chi connectivity index (χ1) is 7.79. The molecule has 0 amide bonds. The first-order valence-corrected chi connectivity index (χ1v) is 6.04. The van der Waals surface area contributed by atoms with E-state index in [1.54, 1.807) is 13.3 Å². The molecule has 0 bridgehead atoms. The zero-order valence-corrected chi connectivity index (χ0v) is 10.1. The van der Waals surface area contributed by atoms with Crippen molar-refractivity contribution in [1.29, 1.82) is 0 Å². The van der Waals surface area contributed by atoms with E-state index >= 15 is 0 Å². The minimum Gasteiger partial charge on any atom is -0.493 e. The molecule has 0 spiro atoms. The predicted octanol–water partition coefficient (Wildman–Crippen LogP) is 3.00. The highest BCUT2D eigenvalue weighted by Gasteiger charge is 2.15. The van der Waals surface area contributed by atoms with E-state index in [1.165, 1.54) is 25.7 Å². The molecule has 0 radical (unpaired) electrons. The summed E-state index contributed by atoms with van der Waals surface area (Å²) in [7, 11) is 1.69. The van der Waals surface area contributed by atoms with E-state index in [9.17, 15) is 0 Å². The number of anilines is 1. The summed E-state index contributed by atoms with van der Waals surface area (Å²) in [6, 6.07) is 2.05. The SMILES string of the molecule is COc1cnc(C)cc1NCC1CCCC1. The van der Waals surface area contributed by atoms with Gasteiger partial charge in [-0.25, -0.2) is 0 Å². The average Bonchev–Trinajstić information content (AvgIpc) is 2.79. The van der Waals surface area contributed by atoms with Crippen LogP contribution < -0.4 is 10.1 Å². The summed E-state index contributed by atoms with van der Waals surface area (Å²) in [6.45, 7) is 3.06. The summed E-state index contributed by atoms with van der Waals surface area (Å²) in [6.07, 6.45) is 7.28. The van der Waals surface area contributed by atoms with Crippen molar-refractivity contribution in [3.05, 3.63) is 18.0 Å². The first-order valence-electron chi connectivity index (χ1n) is 6.04. The molecular formula is C13H20N2O. The van der Waals surface area contributed by atoms with Crippen molar-refractivity contribution >= 4 is 5.69 Å². The molecule has 0 aliphatic heterocycles. The van der Waals surface area contributed by atoms with Crippen LogP contribution in [0.25, 0.3) is 0 Å². The molecule has 0 saturated heterocycles. The number of rotatable bonds is 4. The Labute approximate surface area is 97.2 Å². The van der Waals surface area contributed by atoms with Gasteiger partial charge in [-0.2, -0.15) is 0 Å². The second-order valence-electron chi connectivity index (χ2n) is 4.56. The number of methoxy groups -OCH3 is 1. The normalized spacial score (nSPS) is 16.4. The van der Waals surface area contributed by atoms with Gasteiger partial charge < -0.3 is 10.1 Å². The molecule has 0 unspecified atom stereocenters. The number of aromatic nitrogens is 1. The number of aryl methyl sites for hydroxylation is 1. The third-order valence-corrected chi connectivity index (χ3v) is 3.28. The maximum Gasteiger partial charge on any atom is 0.160 e. The Bertz CT molecular complexity index is 346. The van der Waals surface area contributed by atoms with Crippen molar-refractivity contribution in [1.82, 2.24) is 4.98 Å². The van der Waals surface area contributed by atoms with Crippen molar-refractivity contribution in [2.75, 3.05) is 19.0 Å². The molecule has 3 nitrogen and oxygen atoms in total. The van der Waals surface area contributed by atoms with E-state index in [-0.39, 0.29) is 0 Å². The quantitative estimate of drug-likeness (QED) is 0.847. The van der Waals surface area contributed by atoms with Gasteiger partial charge >= 0.3 is 0 Å². The van der Waals surface area contributed by atoms with Gasteiger partial charge in [-0.1, -0.05) is 12.8 Å². The Kier molecular flexibility index (Phi) is 3.65. The third kappa shape index (κ3) is 2.65. The van der Waals surface area contributed by atoms with Crippen LogP contribution in [-0.4, -0.2) is 18.6 Å². The summed E-state index contributed by atoms with van der Waals surface area (Å²) in [5.74, 6) is 1.67. The van der Waals surface area contributed by atoms with Crippen LogP contribution in [0, 0.1) is 12.8 Å². The maximum atomic E-state index is 5.29. The fourth-order valence-corrected chi connectivity index (χ4v) is 2.32. The summed E-state index contributed by atoms with van der Waals surface area (Å²) < 4.78 is 5.29. The van der Waals surface area contributed by atoms with Crippen LogP contribution in [0.5, 0.6) is 5.75 Å². The lowest BCUT2D eigenvalue weighted by atomic mass is 10.1. The first kappa shape index (κ1) is 11.2. The monoisotopic (exact) mass is 220 g/mol. The lowest BCUT2D eigenvalue weighted by molar-refractivity contribution is 0.414. The largest absolute Gasteiger partial charge is 0.493 e. The van der Waals surface area contributed by atoms with Crippen LogP contribution in [-0.2, 0) is 0 Å². The number of nitrogens with one attached hydrogen (secondary N) is 1. The molecule has 1 heterocycles. The Morgan fingerprint density at radius 2 is 2.19 bits per heavy atom. The second kappa shape index (κ2) is 5.19. The molecule has 88 valence electrons. The summed E-state index contributed by atoms with van der Waals surface area (Å²) >= 11 is 0. The van der Waals surface area contributed by atoms with E-state index in [0.717, 1.165) is 29.6 Å². The van der Waals surface area contributed by atoms with Crippen LogP contribution in [0.1, 0.15) is 31.4 Å². The molecule has 1 fully saturated rings. The zero-order chi connectivity index (χ0) is 11.4. The molecule has 1 aromatic rings. The number of ether oxygens (including phenoxy) is 1. The maximum absolute atomic E-state index is 5.29. The fourth-order valence-electron chi connectivity index (χ4n) is 2.32. The predicted molar refractivity (Wildman–Crippen MR) is 66.0 cm³/mol. The highest BCUT2D eigenvalue weighted by Crippen LogP contribution is 2.28. The fraction of sp³-hybridized carbons (Fsp3) is 0.615. The number of hydrogen-bond donors (Lipinski definition) is 1. The summed E-state index contributed by atoms with van der Waals surface area (Å²) in [4.78, 5) is 4.23. The minimum absolute atomic E-state index is 0.832. The molecule has 1 saturated carbocycles. The second-order valence-corrected chi connectivity index (χ2v) is 4.56. The van der Waals surface area contributed by atoms with Crippen LogP contribution in [0.4, 0.5) is 5.69 Å².